The van der Waals surface area contributed by atoms with Crippen LogP contribution in [-0.4, -0.2) is 21.4 Å². The van der Waals surface area contributed by atoms with Crippen LogP contribution < -0.4 is 5.32 Å². The van der Waals surface area contributed by atoms with Gasteiger partial charge in [-0.2, -0.15) is 5.10 Å². The number of anilines is 1. The van der Waals surface area contributed by atoms with Crippen molar-refractivity contribution in [1.29, 1.82) is 0 Å². The quantitative estimate of drug-likeness (QED) is 0.902. The zero-order valence-corrected chi connectivity index (χ0v) is 14.5. The van der Waals surface area contributed by atoms with Crippen LogP contribution in [0.1, 0.15) is 25.8 Å². The first-order valence-corrected chi connectivity index (χ1v) is 8.60. The summed E-state index contributed by atoms with van der Waals surface area (Å²) < 4.78 is -0.629. The lowest BCUT2D eigenvalue weighted by atomic mass is 10.1. The Morgan fingerprint density at radius 2 is 1.62 bits per heavy atom. The van der Waals surface area contributed by atoms with Crippen molar-refractivity contribution in [1.82, 2.24) is 0 Å². The second-order valence-corrected chi connectivity index (χ2v) is 7.71. The minimum absolute atomic E-state index is 0.0467. The summed E-state index contributed by atoms with van der Waals surface area (Å²) in [6.07, 6.45) is 0.663. The Bertz CT molecular complexity index is 783. The van der Waals surface area contributed by atoms with Crippen LogP contribution >= 0.6 is 11.8 Å². The summed E-state index contributed by atoms with van der Waals surface area (Å²) >= 11 is 1.46. The number of nitrogens with one attached hydrogen (secondary N) is 1. The molecule has 0 atom stereocenters. The van der Waals surface area contributed by atoms with Crippen LogP contribution in [0.5, 0.6) is 0 Å². The van der Waals surface area contributed by atoms with Crippen molar-refractivity contribution >= 4 is 34.1 Å². The molecule has 122 valence electrons. The normalized spacial score (nSPS) is 14.1. The van der Waals surface area contributed by atoms with E-state index >= 15 is 0 Å². The van der Waals surface area contributed by atoms with E-state index in [1.54, 1.807) is 0 Å². The zero-order valence-electron chi connectivity index (χ0n) is 13.7. The fourth-order valence-corrected chi connectivity index (χ4v) is 3.34. The molecule has 1 amide bonds. The number of thioether (sulfide) groups is 1. The first-order chi connectivity index (χ1) is 11.5. The largest absolute Gasteiger partial charge is 0.325 e. The Kier molecular flexibility index (Phi) is 4.81. The number of rotatable bonds is 4. The molecule has 0 fully saturated rings. The minimum atomic E-state index is -0.629. The van der Waals surface area contributed by atoms with E-state index in [4.69, 9.17) is 0 Å². The van der Waals surface area contributed by atoms with E-state index in [1.165, 1.54) is 11.8 Å². The minimum Gasteiger partial charge on any atom is -0.325 e. The lowest BCUT2D eigenvalue weighted by molar-refractivity contribution is -0.117. The Morgan fingerprint density at radius 3 is 2.29 bits per heavy atom. The monoisotopic (exact) mass is 337 g/mol. The molecule has 3 rings (SSSR count). The van der Waals surface area contributed by atoms with Gasteiger partial charge < -0.3 is 5.32 Å². The van der Waals surface area contributed by atoms with Gasteiger partial charge in [0.1, 0.15) is 5.04 Å². The standard InChI is InChI=1S/C19H19N3OS/c1-19(2,18(23)20-15-11-7-4-8-12-15)24-17-13-16(21-22-17)14-9-5-3-6-10-14/h3-12H,13H2,1-2H3,(H,20,23). The topological polar surface area (TPSA) is 53.8 Å². The Labute approximate surface area is 146 Å². The van der Waals surface area contributed by atoms with Crippen molar-refractivity contribution in [3.63, 3.8) is 0 Å². The second-order valence-electron chi connectivity index (χ2n) is 6.02. The maximum Gasteiger partial charge on any atom is 0.240 e. The number of carbonyl (C=O) groups excluding carboxylic acids is 1. The second kappa shape index (κ2) is 7.01. The molecule has 5 heteroatoms. The molecule has 1 heterocycles. The van der Waals surface area contributed by atoms with Gasteiger partial charge in [-0.1, -0.05) is 60.3 Å². The molecule has 24 heavy (non-hydrogen) atoms. The van der Waals surface area contributed by atoms with Gasteiger partial charge in [0.25, 0.3) is 0 Å². The third-order valence-corrected chi connectivity index (χ3v) is 4.82. The molecular formula is C19H19N3OS. The molecule has 0 aromatic heterocycles. The number of amides is 1. The van der Waals surface area contributed by atoms with Gasteiger partial charge in [0.15, 0.2) is 0 Å². The number of hydrogen-bond acceptors (Lipinski definition) is 4. The summed E-state index contributed by atoms with van der Waals surface area (Å²) in [5, 5.41) is 12.3. The van der Waals surface area contributed by atoms with Gasteiger partial charge in [0.2, 0.25) is 5.91 Å². The first kappa shape index (κ1) is 16.5. The highest BCUT2D eigenvalue weighted by atomic mass is 32.2. The van der Waals surface area contributed by atoms with Gasteiger partial charge in [0, 0.05) is 12.1 Å². The smallest absolute Gasteiger partial charge is 0.240 e. The number of nitrogens with zero attached hydrogens (tertiary/aromatic N) is 2. The van der Waals surface area contributed by atoms with Crippen molar-refractivity contribution in [3.8, 4) is 0 Å². The average Bonchev–Trinajstić information content (AvgIpc) is 3.04. The molecule has 0 bridgehead atoms. The van der Waals surface area contributed by atoms with Crippen LogP contribution in [0, 0.1) is 0 Å². The highest BCUT2D eigenvalue weighted by Crippen LogP contribution is 2.31. The summed E-state index contributed by atoms with van der Waals surface area (Å²) in [5.41, 5.74) is 2.81. The van der Waals surface area contributed by atoms with E-state index in [-0.39, 0.29) is 5.91 Å². The zero-order chi connectivity index (χ0) is 17.0. The van der Waals surface area contributed by atoms with E-state index in [2.05, 4.69) is 15.5 Å². The maximum absolute atomic E-state index is 12.5. The molecule has 0 saturated heterocycles. The van der Waals surface area contributed by atoms with Gasteiger partial charge in [-0.25, -0.2) is 0 Å². The molecule has 0 saturated carbocycles. The summed E-state index contributed by atoms with van der Waals surface area (Å²) in [4.78, 5) is 12.5. The fourth-order valence-electron chi connectivity index (χ4n) is 2.32. The molecule has 0 spiro atoms. The van der Waals surface area contributed by atoms with Crippen LogP contribution in [0.4, 0.5) is 5.69 Å². The van der Waals surface area contributed by atoms with E-state index in [9.17, 15) is 4.79 Å². The van der Waals surface area contributed by atoms with Gasteiger partial charge in [-0.15, -0.1) is 5.10 Å². The summed E-state index contributed by atoms with van der Waals surface area (Å²) in [6, 6.07) is 19.5. The third-order valence-electron chi connectivity index (χ3n) is 3.66. The Balaban J connectivity index is 1.60. The molecule has 2 aromatic carbocycles. The van der Waals surface area contributed by atoms with E-state index in [0.29, 0.717) is 6.42 Å². The molecule has 1 aliphatic rings. The van der Waals surface area contributed by atoms with Crippen molar-refractivity contribution in [3.05, 3.63) is 66.2 Å². The van der Waals surface area contributed by atoms with E-state index < -0.39 is 4.75 Å². The number of para-hydroxylation sites is 1. The summed E-state index contributed by atoms with van der Waals surface area (Å²) in [5.74, 6) is -0.0467. The Hall–Kier alpha value is -2.40. The molecule has 1 aliphatic heterocycles. The molecule has 1 N–H and O–H groups in total. The predicted molar refractivity (Wildman–Crippen MR) is 102 cm³/mol. The average molecular weight is 337 g/mol. The number of carbonyl (C=O) groups is 1. The lowest BCUT2D eigenvalue weighted by Crippen LogP contribution is -2.35. The van der Waals surface area contributed by atoms with Crippen molar-refractivity contribution in [2.24, 2.45) is 10.2 Å². The SMILES string of the molecule is CC(C)(SC1=NN=C(c2ccccc2)C1)C(=O)Nc1ccccc1. The van der Waals surface area contributed by atoms with Crippen molar-refractivity contribution in [2.45, 2.75) is 25.0 Å². The van der Waals surface area contributed by atoms with Crippen LogP contribution in [-0.2, 0) is 4.79 Å². The van der Waals surface area contributed by atoms with Gasteiger partial charge in [-0.3, -0.25) is 4.79 Å². The van der Waals surface area contributed by atoms with Gasteiger partial charge >= 0.3 is 0 Å². The first-order valence-electron chi connectivity index (χ1n) is 7.79. The molecule has 0 unspecified atom stereocenters. The molecular weight excluding hydrogens is 318 g/mol. The summed E-state index contributed by atoms with van der Waals surface area (Å²) in [7, 11) is 0. The van der Waals surface area contributed by atoms with Crippen LogP contribution in [0.3, 0.4) is 0 Å². The predicted octanol–water partition coefficient (Wildman–Crippen LogP) is 4.34. The number of benzene rings is 2. The highest BCUT2D eigenvalue weighted by molar-refractivity contribution is 8.15. The number of hydrogen-bond donors (Lipinski definition) is 1. The Morgan fingerprint density at radius 1 is 1.00 bits per heavy atom. The summed E-state index contributed by atoms with van der Waals surface area (Å²) in [6.45, 7) is 3.80. The van der Waals surface area contributed by atoms with Crippen LogP contribution in [0.25, 0.3) is 0 Å². The van der Waals surface area contributed by atoms with E-state index in [0.717, 1.165) is 22.0 Å². The van der Waals surface area contributed by atoms with Crippen molar-refractivity contribution in [2.75, 3.05) is 5.32 Å². The van der Waals surface area contributed by atoms with Crippen LogP contribution in [0.2, 0.25) is 0 Å². The third kappa shape index (κ3) is 3.92. The molecule has 0 radical (unpaired) electrons. The lowest BCUT2D eigenvalue weighted by Gasteiger charge is -2.22. The van der Waals surface area contributed by atoms with Gasteiger partial charge in [-0.05, 0) is 31.5 Å². The molecule has 0 aliphatic carbocycles. The highest BCUT2D eigenvalue weighted by Gasteiger charge is 2.32. The van der Waals surface area contributed by atoms with E-state index in [1.807, 2.05) is 74.5 Å². The van der Waals surface area contributed by atoms with Crippen LogP contribution in [0.15, 0.2) is 70.9 Å². The fraction of sp³-hybridized carbons (Fsp3) is 0.211. The maximum atomic E-state index is 12.5. The molecule has 2 aromatic rings. The van der Waals surface area contributed by atoms with Gasteiger partial charge in [0.05, 0.1) is 10.5 Å². The van der Waals surface area contributed by atoms with Crippen molar-refractivity contribution < 1.29 is 4.79 Å². The molecule has 4 nitrogen and oxygen atoms in total.